The standard InChI is InChI=1S/C24H28N2O7/c1-23(2,3)32-22(30)25-12-8-16(9-13-25)24(10-14-31-15-11-24)21(29)33-26-19(27)17-6-4-5-7-18(17)20(26)28/h4-8H,9-15H2,1-3H3. The van der Waals surface area contributed by atoms with E-state index >= 15 is 0 Å². The molecule has 0 aliphatic carbocycles. The molecule has 0 spiro atoms. The Morgan fingerprint density at radius 2 is 1.64 bits per heavy atom. The van der Waals surface area contributed by atoms with Gasteiger partial charge < -0.3 is 19.2 Å². The maximum atomic E-state index is 13.5. The SMILES string of the molecule is CC(C)(C)OC(=O)N1CC=C(C2(C(=O)ON3C(=O)c4ccccc4C3=O)CCOCC2)CC1. The van der Waals surface area contributed by atoms with Gasteiger partial charge in [-0.25, -0.2) is 9.59 Å². The lowest BCUT2D eigenvalue weighted by Crippen LogP contribution is -2.47. The molecule has 0 aromatic heterocycles. The molecule has 0 atom stereocenters. The third-order valence-electron chi connectivity index (χ3n) is 6.14. The van der Waals surface area contributed by atoms with Crippen LogP contribution in [0.25, 0.3) is 0 Å². The third kappa shape index (κ3) is 4.37. The van der Waals surface area contributed by atoms with Crippen molar-refractivity contribution in [3.05, 3.63) is 47.0 Å². The minimum absolute atomic E-state index is 0.209. The third-order valence-corrected chi connectivity index (χ3v) is 6.14. The van der Waals surface area contributed by atoms with Crippen molar-refractivity contribution in [3.63, 3.8) is 0 Å². The van der Waals surface area contributed by atoms with E-state index in [1.54, 1.807) is 17.0 Å². The first-order valence-electron chi connectivity index (χ1n) is 11.1. The molecule has 3 aliphatic rings. The van der Waals surface area contributed by atoms with E-state index in [-0.39, 0.29) is 11.1 Å². The van der Waals surface area contributed by atoms with Gasteiger partial charge in [0.05, 0.1) is 16.5 Å². The Kier molecular flexibility index (Phi) is 6.00. The first-order valence-corrected chi connectivity index (χ1v) is 11.1. The lowest BCUT2D eigenvalue weighted by atomic mass is 9.71. The number of hydrogen-bond donors (Lipinski definition) is 0. The Morgan fingerprint density at radius 3 is 2.15 bits per heavy atom. The first-order chi connectivity index (χ1) is 15.6. The van der Waals surface area contributed by atoms with Crippen LogP contribution >= 0.6 is 0 Å². The summed E-state index contributed by atoms with van der Waals surface area (Å²) < 4.78 is 10.9. The summed E-state index contributed by atoms with van der Waals surface area (Å²) in [5, 5.41) is 0.556. The largest absolute Gasteiger partial charge is 0.444 e. The predicted octanol–water partition coefficient (Wildman–Crippen LogP) is 3.10. The summed E-state index contributed by atoms with van der Waals surface area (Å²) in [6.45, 7) is 6.82. The van der Waals surface area contributed by atoms with Gasteiger partial charge in [0.1, 0.15) is 5.60 Å². The molecule has 0 unspecified atom stereocenters. The number of imide groups is 1. The Hall–Kier alpha value is -3.20. The van der Waals surface area contributed by atoms with E-state index in [1.807, 2.05) is 26.8 Å². The zero-order chi connectivity index (χ0) is 23.8. The van der Waals surface area contributed by atoms with Gasteiger partial charge in [-0.05, 0) is 52.2 Å². The fourth-order valence-electron chi connectivity index (χ4n) is 4.39. The van der Waals surface area contributed by atoms with Crippen LogP contribution in [0, 0.1) is 5.41 Å². The number of amides is 3. The Labute approximate surface area is 192 Å². The van der Waals surface area contributed by atoms with Crippen molar-refractivity contribution in [1.29, 1.82) is 0 Å². The molecule has 0 bridgehead atoms. The van der Waals surface area contributed by atoms with Crippen molar-refractivity contribution in [2.75, 3.05) is 26.3 Å². The average molecular weight is 456 g/mol. The second-order valence-electron chi connectivity index (χ2n) is 9.43. The number of rotatable bonds is 3. The van der Waals surface area contributed by atoms with Crippen molar-refractivity contribution >= 4 is 23.9 Å². The fourth-order valence-corrected chi connectivity index (χ4v) is 4.39. The molecule has 0 radical (unpaired) electrons. The van der Waals surface area contributed by atoms with E-state index in [1.165, 1.54) is 12.1 Å². The van der Waals surface area contributed by atoms with Crippen LogP contribution < -0.4 is 0 Å². The minimum atomic E-state index is -1.02. The maximum Gasteiger partial charge on any atom is 0.410 e. The topological polar surface area (TPSA) is 102 Å². The van der Waals surface area contributed by atoms with E-state index in [0.29, 0.717) is 50.6 Å². The summed E-state index contributed by atoms with van der Waals surface area (Å²) in [6.07, 6.45) is 2.63. The Balaban J connectivity index is 1.52. The van der Waals surface area contributed by atoms with Crippen molar-refractivity contribution < 1.29 is 33.5 Å². The van der Waals surface area contributed by atoms with E-state index in [4.69, 9.17) is 14.3 Å². The highest BCUT2D eigenvalue weighted by molar-refractivity contribution is 6.21. The van der Waals surface area contributed by atoms with Crippen LogP contribution in [0.5, 0.6) is 0 Å². The first kappa shape index (κ1) is 23.0. The van der Waals surface area contributed by atoms with Gasteiger partial charge >= 0.3 is 12.1 Å². The van der Waals surface area contributed by atoms with Crippen LogP contribution in [0.3, 0.4) is 0 Å². The van der Waals surface area contributed by atoms with Gasteiger partial charge in [0, 0.05) is 26.3 Å². The molecule has 1 aromatic carbocycles. The summed E-state index contributed by atoms with van der Waals surface area (Å²) in [5.41, 5.74) is -0.373. The van der Waals surface area contributed by atoms with Crippen LogP contribution in [0.15, 0.2) is 35.9 Å². The van der Waals surface area contributed by atoms with E-state index in [0.717, 1.165) is 5.57 Å². The monoisotopic (exact) mass is 456 g/mol. The van der Waals surface area contributed by atoms with Crippen LogP contribution in [0.4, 0.5) is 4.79 Å². The summed E-state index contributed by atoms with van der Waals surface area (Å²) >= 11 is 0. The lowest BCUT2D eigenvalue weighted by molar-refractivity contribution is -0.183. The zero-order valence-corrected chi connectivity index (χ0v) is 19.1. The summed E-state index contributed by atoms with van der Waals surface area (Å²) in [5.74, 6) is -1.96. The number of carbonyl (C=O) groups is 4. The highest BCUT2D eigenvalue weighted by Gasteiger charge is 2.49. The molecular weight excluding hydrogens is 428 g/mol. The zero-order valence-electron chi connectivity index (χ0n) is 19.1. The molecule has 1 aromatic rings. The molecule has 3 amide bonds. The molecule has 9 nitrogen and oxygen atoms in total. The van der Waals surface area contributed by atoms with E-state index in [2.05, 4.69) is 0 Å². The molecule has 4 rings (SSSR count). The number of benzene rings is 1. The van der Waals surface area contributed by atoms with Gasteiger partial charge in [-0.1, -0.05) is 28.8 Å². The predicted molar refractivity (Wildman–Crippen MR) is 116 cm³/mol. The highest BCUT2D eigenvalue weighted by atomic mass is 16.7. The van der Waals surface area contributed by atoms with Crippen molar-refractivity contribution in [3.8, 4) is 0 Å². The van der Waals surface area contributed by atoms with Gasteiger partial charge in [-0.15, -0.1) is 0 Å². The van der Waals surface area contributed by atoms with E-state index < -0.39 is 34.9 Å². The molecule has 1 saturated heterocycles. The van der Waals surface area contributed by atoms with Gasteiger partial charge in [-0.3, -0.25) is 9.59 Å². The molecule has 33 heavy (non-hydrogen) atoms. The van der Waals surface area contributed by atoms with Crippen LogP contribution in [-0.2, 0) is 19.1 Å². The number of fused-ring (bicyclic) bond motifs is 1. The van der Waals surface area contributed by atoms with Crippen LogP contribution in [0.1, 0.15) is 60.7 Å². The molecule has 0 saturated carbocycles. The second kappa shape index (κ2) is 8.62. The Bertz CT molecular complexity index is 983. The molecule has 0 N–H and O–H groups in total. The number of carbonyl (C=O) groups excluding carboxylic acids is 4. The van der Waals surface area contributed by atoms with Crippen molar-refractivity contribution in [1.82, 2.24) is 9.96 Å². The fraction of sp³-hybridized carbons (Fsp3) is 0.500. The molecule has 3 heterocycles. The molecule has 9 heteroatoms. The molecule has 1 fully saturated rings. The smallest absolute Gasteiger partial charge is 0.410 e. The molecule has 3 aliphatic heterocycles. The average Bonchev–Trinajstić information content (AvgIpc) is 3.03. The van der Waals surface area contributed by atoms with Crippen molar-refractivity contribution in [2.24, 2.45) is 5.41 Å². The number of nitrogens with zero attached hydrogens (tertiary/aromatic N) is 2. The number of hydrogen-bond acceptors (Lipinski definition) is 7. The van der Waals surface area contributed by atoms with Gasteiger partial charge in [0.2, 0.25) is 0 Å². The summed E-state index contributed by atoms with van der Waals surface area (Å²) in [4.78, 5) is 58.2. The quantitative estimate of drug-likeness (QED) is 0.509. The van der Waals surface area contributed by atoms with Gasteiger partial charge in [0.25, 0.3) is 11.8 Å². The van der Waals surface area contributed by atoms with E-state index in [9.17, 15) is 19.2 Å². The number of ether oxygens (including phenoxy) is 2. The van der Waals surface area contributed by atoms with Gasteiger partial charge in [0.15, 0.2) is 0 Å². The molecule has 176 valence electrons. The summed E-state index contributed by atoms with van der Waals surface area (Å²) in [7, 11) is 0. The van der Waals surface area contributed by atoms with Crippen LogP contribution in [0.2, 0.25) is 0 Å². The molecular formula is C24H28N2O7. The Morgan fingerprint density at radius 1 is 1.03 bits per heavy atom. The maximum absolute atomic E-state index is 13.5. The summed E-state index contributed by atoms with van der Waals surface area (Å²) in [6, 6.07) is 6.36. The number of hydroxylamine groups is 2. The van der Waals surface area contributed by atoms with Gasteiger partial charge in [-0.2, -0.15) is 0 Å². The normalized spacial score (nSPS) is 20.3. The highest BCUT2D eigenvalue weighted by Crippen LogP contribution is 2.43. The van der Waals surface area contributed by atoms with Crippen LogP contribution in [-0.4, -0.2) is 65.7 Å². The van der Waals surface area contributed by atoms with Crippen molar-refractivity contribution in [2.45, 2.75) is 45.6 Å². The second-order valence-corrected chi connectivity index (χ2v) is 9.43. The lowest BCUT2D eigenvalue weighted by Gasteiger charge is -2.40. The minimum Gasteiger partial charge on any atom is -0.444 e.